The highest BCUT2D eigenvalue weighted by Gasteiger charge is 2.16. The van der Waals surface area contributed by atoms with E-state index in [1.807, 2.05) is 12.1 Å². The molecule has 2 N–H and O–H groups in total. The van der Waals surface area contributed by atoms with E-state index in [1.165, 1.54) is 16.7 Å². The number of hydrogen-bond donors (Lipinski definition) is 2. The summed E-state index contributed by atoms with van der Waals surface area (Å²) in [6.07, 6.45) is 1.66. The van der Waals surface area contributed by atoms with Gasteiger partial charge in [-0.3, -0.25) is 0 Å². The molecule has 0 spiro atoms. The van der Waals surface area contributed by atoms with Crippen molar-refractivity contribution in [1.82, 2.24) is 11.0 Å². The summed E-state index contributed by atoms with van der Waals surface area (Å²) in [5, 5.41) is 0. The molecular weight excluding hydrogens is 428 g/mol. The van der Waals surface area contributed by atoms with E-state index in [4.69, 9.17) is 9.68 Å². The smallest absolute Gasteiger partial charge is 0.356 e. The van der Waals surface area contributed by atoms with E-state index in [9.17, 15) is 9.59 Å². The summed E-state index contributed by atoms with van der Waals surface area (Å²) in [6, 6.07) is 23.9. The van der Waals surface area contributed by atoms with E-state index in [0.29, 0.717) is 29.9 Å². The van der Waals surface area contributed by atoms with Gasteiger partial charge in [-0.25, -0.2) is 9.59 Å². The SMILES string of the molecule is Cc1cc(CC(C)C)ccc1CCC(NOC(=O)c1ccccc1)NOC(=O)c1ccccc1. The summed E-state index contributed by atoms with van der Waals surface area (Å²) < 4.78 is 0. The number of aryl methyl sites for hydroxylation is 2. The van der Waals surface area contributed by atoms with E-state index in [0.717, 1.165) is 6.42 Å². The number of carbonyl (C=O) groups is 2. The summed E-state index contributed by atoms with van der Waals surface area (Å²) in [5.41, 5.74) is 9.98. The van der Waals surface area contributed by atoms with Crippen molar-refractivity contribution in [2.45, 2.75) is 46.2 Å². The molecule has 0 aliphatic heterocycles. The minimum absolute atomic E-state index is 0.423. The predicted octanol–water partition coefficient (Wildman–Crippen LogP) is 5.18. The molecule has 0 aliphatic rings. The van der Waals surface area contributed by atoms with Gasteiger partial charge in [0.2, 0.25) is 0 Å². The van der Waals surface area contributed by atoms with Crippen LogP contribution >= 0.6 is 0 Å². The highest BCUT2D eigenvalue weighted by atomic mass is 16.7. The first-order chi connectivity index (χ1) is 16.4. The molecule has 6 nitrogen and oxygen atoms in total. The van der Waals surface area contributed by atoms with Crippen LogP contribution in [0.25, 0.3) is 0 Å². The van der Waals surface area contributed by atoms with E-state index < -0.39 is 18.1 Å². The van der Waals surface area contributed by atoms with Crippen LogP contribution in [0.15, 0.2) is 78.9 Å². The largest absolute Gasteiger partial charge is 0.365 e. The maximum absolute atomic E-state index is 12.3. The molecule has 0 unspecified atom stereocenters. The Hall–Kier alpha value is -3.48. The van der Waals surface area contributed by atoms with Crippen LogP contribution in [0, 0.1) is 12.8 Å². The van der Waals surface area contributed by atoms with Gasteiger partial charge in [-0.1, -0.05) is 68.4 Å². The van der Waals surface area contributed by atoms with Crippen molar-refractivity contribution < 1.29 is 19.3 Å². The molecule has 178 valence electrons. The molecule has 3 aromatic rings. The maximum atomic E-state index is 12.3. The summed E-state index contributed by atoms with van der Waals surface area (Å²) in [7, 11) is 0. The second kappa shape index (κ2) is 12.7. The average Bonchev–Trinajstić information content (AvgIpc) is 2.84. The first kappa shape index (κ1) is 25.1. The van der Waals surface area contributed by atoms with Crippen LogP contribution in [0.3, 0.4) is 0 Å². The number of rotatable bonds is 11. The third-order valence-corrected chi connectivity index (χ3v) is 5.36. The van der Waals surface area contributed by atoms with Gasteiger partial charge in [0.05, 0.1) is 11.1 Å². The first-order valence-corrected chi connectivity index (χ1v) is 11.5. The van der Waals surface area contributed by atoms with Gasteiger partial charge < -0.3 is 9.68 Å². The minimum Gasteiger partial charge on any atom is -0.365 e. The van der Waals surface area contributed by atoms with E-state index in [1.54, 1.807) is 48.5 Å². The van der Waals surface area contributed by atoms with Crippen molar-refractivity contribution in [2.75, 3.05) is 0 Å². The van der Waals surface area contributed by atoms with Crippen LogP contribution in [0.4, 0.5) is 0 Å². The van der Waals surface area contributed by atoms with Gasteiger partial charge in [0.25, 0.3) is 0 Å². The Balaban J connectivity index is 1.63. The van der Waals surface area contributed by atoms with E-state index in [2.05, 4.69) is 49.9 Å². The number of benzene rings is 3. The lowest BCUT2D eigenvalue weighted by molar-refractivity contribution is -0.0306. The summed E-state index contributed by atoms with van der Waals surface area (Å²) in [6.45, 7) is 6.51. The molecule has 0 amide bonds. The summed E-state index contributed by atoms with van der Waals surface area (Å²) in [4.78, 5) is 35.2. The highest BCUT2D eigenvalue weighted by molar-refractivity contribution is 5.89. The van der Waals surface area contributed by atoms with Crippen molar-refractivity contribution >= 4 is 11.9 Å². The molecule has 0 saturated carbocycles. The monoisotopic (exact) mass is 460 g/mol. The van der Waals surface area contributed by atoms with Gasteiger partial charge >= 0.3 is 11.9 Å². The second-order valence-corrected chi connectivity index (χ2v) is 8.70. The number of hydrogen-bond acceptors (Lipinski definition) is 6. The Bertz CT molecular complexity index is 1010. The van der Waals surface area contributed by atoms with Crippen molar-refractivity contribution in [3.05, 3.63) is 107 Å². The fraction of sp³-hybridized carbons (Fsp3) is 0.286. The van der Waals surface area contributed by atoms with Gasteiger partial charge in [-0.15, -0.1) is 11.0 Å². The molecule has 3 rings (SSSR count). The lowest BCUT2D eigenvalue weighted by Crippen LogP contribution is -2.44. The zero-order chi connectivity index (χ0) is 24.3. The molecule has 0 bridgehead atoms. The average molecular weight is 461 g/mol. The van der Waals surface area contributed by atoms with E-state index in [-0.39, 0.29) is 0 Å². The molecule has 0 fully saturated rings. The van der Waals surface area contributed by atoms with Gasteiger partial charge in [0.1, 0.15) is 6.17 Å². The molecule has 0 aliphatic carbocycles. The highest BCUT2D eigenvalue weighted by Crippen LogP contribution is 2.16. The maximum Gasteiger partial charge on any atom is 0.356 e. The fourth-order valence-corrected chi connectivity index (χ4v) is 3.59. The van der Waals surface area contributed by atoms with Crippen LogP contribution in [-0.2, 0) is 22.5 Å². The Morgan fingerprint density at radius 2 is 1.32 bits per heavy atom. The lowest BCUT2D eigenvalue weighted by atomic mass is 9.96. The Morgan fingerprint density at radius 3 is 1.79 bits per heavy atom. The Labute approximate surface area is 201 Å². The third-order valence-electron chi connectivity index (χ3n) is 5.36. The first-order valence-electron chi connectivity index (χ1n) is 11.5. The summed E-state index contributed by atoms with van der Waals surface area (Å²) >= 11 is 0. The molecule has 34 heavy (non-hydrogen) atoms. The molecule has 3 aromatic carbocycles. The zero-order valence-corrected chi connectivity index (χ0v) is 19.9. The Kier molecular flexibility index (Phi) is 9.38. The molecule has 0 aromatic heterocycles. The minimum atomic E-state index is -0.602. The van der Waals surface area contributed by atoms with Gasteiger partial charge in [-0.05, 0) is 73.1 Å². The molecule has 0 radical (unpaired) electrons. The Morgan fingerprint density at radius 1 is 0.794 bits per heavy atom. The molecule has 0 saturated heterocycles. The fourth-order valence-electron chi connectivity index (χ4n) is 3.59. The number of hydroxylamine groups is 2. The zero-order valence-electron chi connectivity index (χ0n) is 19.9. The second-order valence-electron chi connectivity index (χ2n) is 8.70. The van der Waals surface area contributed by atoms with Crippen LogP contribution in [0.5, 0.6) is 0 Å². The lowest BCUT2D eigenvalue weighted by Gasteiger charge is -2.20. The quantitative estimate of drug-likeness (QED) is 0.303. The molecule has 0 heterocycles. The molecule has 6 heteroatoms. The van der Waals surface area contributed by atoms with Crippen LogP contribution < -0.4 is 11.0 Å². The third kappa shape index (κ3) is 7.83. The van der Waals surface area contributed by atoms with Crippen LogP contribution in [-0.4, -0.2) is 18.1 Å². The van der Waals surface area contributed by atoms with Crippen LogP contribution in [0.2, 0.25) is 0 Å². The standard InChI is InChI=1S/C28H32N2O4/c1-20(2)18-22-14-15-23(21(3)19-22)16-17-26(29-33-27(31)24-10-6-4-7-11-24)30-34-28(32)25-12-8-5-9-13-25/h4-15,19-20,26,29-30H,16-18H2,1-3H3. The number of carbonyl (C=O) groups excluding carboxylic acids is 2. The topological polar surface area (TPSA) is 76.7 Å². The van der Waals surface area contributed by atoms with Gasteiger partial charge in [0, 0.05) is 0 Å². The van der Waals surface area contributed by atoms with Crippen molar-refractivity contribution in [1.29, 1.82) is 0 Å². The number of nitrogens with one attached hydrogen (secondary N) is 2. The van der Waals surface area contributed by atoms with Crippen molar-refractivity contribution in [2.24, 2.45) is 5.92 Å². The molecule has 0 atom stereocenters. The van der Waals surface area contributed by atoms with Crippen molar-refractivity contribution in [3.8, 4) is 0 Å². The van der Waals surface area contributed by atoms with Crippen LogP contribution in [0.1, 0.15) is 57.7 Å². The predicted molar refractivity (Wildman–Crippen MR) is 132 cm³/mol. The molecular formula is C28H32N2O4. The normalized spacial score (nSPS) is 11.0. The van der Waals surface area contributed by atoms with Gasteiger partial charge in [-0.2, -0.15) is 0 Å². The van der Waals surface area contributed by atoms with Crippen molar-refractivity contribution in [3.63, 3.8) is 0 Å². The van der Waals surface area contributed by atoms with Gasteiger partial charge in [0.15, 0.2) is 0 Å². The van der Waals surface area contributed by atoms with E-state index >= 15 is 0 Å². The summed E-state index contributed by atoms with van der Waals surface area (Å²) in [5.74, 6) is -0.436.